The fourth-order valence-electron chi connectivity index (χ4n) is 2.60. The molecule has 0 unspecified atom stereocenters. The predicted octanol–water partition coefficient (Wildman–Crippen LogP) is 4.72. The smallest absolute Gasteiger partial charge is 0.336 e. The third-order valence-corrected chi connectivity index (χ3v) is 7.53. The average molecular weight is 447 g/mol. The van der Waals surface area contributed by atoms with E-state index in [1.54, 1.807) is 0 Å². The number of hydrogen-bond acceptors (Lipinski definition) is 8. The first-order valence-electron chi connectivity index (χ1n) is 9.33. The molecule has 0 aromatic heterocycles. The van der Waals surface area contributed by atoms with Crippen LogP contribution in [0.25, 0.3) is 0 Å². The highest BCUT2D eigenvalue weighted by molar-refractivity contribution is 8.20. The molecule has 0 saturated carbocycles. The van der Waals surface area contributed by atoms with E-state index in [1.807, 2.05) is 23.5 Å². The largest absolute Gasteiger partial charge is 0.478 e. The molecule has 29 heavy (non-hydrogen) atoms. The number of aliphatic hydroxyl groups is 1. The minimum atomic E-state index is -1.46. The van der Waals surface area contributed by atoms with Gasteiger partial charge in [-0.1, -0.05) is 39.0 Å². The molecule has 1 heterocycles. The second kappa shape index (κ2) is 13.4. The van der Waals surface area contributed by atoms with Crippen molar-refractivity contribution in [2.75, 3.05) is 12.4 Å². The van der Waals surface area contributed by atoms with Crippen LogP contribution in [0.5, 0.6) is 0 Å². The van der Waals surface area contributed by atoms with Gasteiger partial charge in [0, 0.05) is 23.1 Å². The number of nitro groups is 2. The molecular weight excluding hydrogens is 420 g/mol. The average Bonchev–Trinajstić information content (AvgIpc) is 3.16. The summed E-state index contributed by atoms with van der Waals surface area (Å²) in [4.78, 5) is 29.4. The van der Waals surface area contributed by atoms with Crippen molar-refractivity contribution < 1.29 is 24.9 Å². The number of thioether (sulfide) groups is 2. The number of carboxylic acids is 1. The maximum Gasteiger partial charge on any atom is 0.336 e. The summed E-state index contributed by atoms with van der Waals surface area (Å²) >= 11 is 4.03. The number of unbranched alkanes of at least 4 members (excludes halogenated alkanes) is 4. The summed E-state index contributed by atoms with van der Waals surface area (Å²) in [5.74, 6) is -0.303. The van der Waals surface area contributed by atoms with E-state index in [9.17, 15) is 25.0 Å². The lowest BCUT2D eigenvalue weighted by atomic mass is 10.1. The van der Waals surface area contributed by atoms with Gasteiger partial charge in [0.15, 0.2) is 0 Å². The van der Waals surface area contributed by atoms with Crippen LogP contribution in [0.3, 0.4) is 0 Å². The standard InChI is InChI=1S/C11H22OS2.C7H4N2O6/c1-2-3-4-5-6-7-11-13-9-10(8-12)14-11;10-7(11)4-1-5(8(12)13)3-6(2-4)9(14)15/h10-12H,2-9H2,1H3;1-3H,(H,10,11)/t10-,11+;/m0./s1. The van der Waals surface area contributed by atoms with Crippen molar-refractivity contribution in [2.45, 2.75) is 55.3 Å². The topological polar surface area (TPSA) is 144 Å². The Hall–Kier alpha value is -1.85. The van der Waals surface area contributed by atoms with Crippen molar-refractivity contribution in [3.05, 3.63) is 44.0 Å². The minimum Gasteiger partial charge on any atom is -0.478 e. The number of non-ortho nitro benzene ring substituents is 2. The van der Waals surface area contributed by atoms with E-state index in [2.05, 4.69) is 6.92 Å². The van der Waals surface area contributed by atoms with Crippen molar-refractivity contribution in [3.63, 3.8) is 0 Å². The number of carbonyl (C=O) groups is 1. The molecule has 11 heteroatoms. The lowest BCUT2D eigenvalue weighted by Gasteiger charge is -2.08. The van der Waals surface area contributed by atoms with Gasteiger partial charge in [0.1, 0.15) is 0 Å². The number of rotatable bonds is 10. The fraction of sp³-hybridized carbons (Fsp3) is 0.611. The Morgan fingerprint density at radius 1 is 1.10 bits per heavy atom. The van der Waals surface area contributed by atoms with E-state index in [-0.39, 0.29) is 0 Å². The predicted molar refractivity (Wildman–Crippen MR) is 115 cm³/mol. The van der Waals surface area contributed by atoms with Crippen LogP contribution in [0.15, 0.2) is 18.2 Å². The molecule has 1 aliphatic heterocycles. The van der Waals surface area contributed by atoms with Crippen LogP contribution < -0.4 is 0 Å². The molecule has 2 rings (SSSR count). The number of nitrogens with zero attached hydrogens (tertiary/aromatic N) is 2. The van der Waals surface area contributed by atoms with Gasteiger partial charge in [-0.05, 0) is 6.42 Å². The maximum atomic E-state index is 10.5. The molecular formula is C18H26N2O7S2. The zero-order valence-corrected chi connectivity index (χ0v) is 17.8. The van der Waals surface area contributed by atoms with Crippen LogP contribution in [-0.2, 0) is 0 Å². The Bertz CT molecular complexity index is 624. The van der Waals surface area contributed by atoms with Gasteiger partial charge in [-0.25, -0.2) is 4.79 Å². The van der Waals surface area contributed by atoms with E-state index < -0.39 is 32.8 Å². The van der Waals surface area contributed by atoms with Crippen molar-refractivity contribution in [2.24, 2.45) is 0 Å². The number of nitro benzene ring substituents is 2. The van der Waals surface area contributed by atoms with Gasteiger partial charge in [-0.2, -0.15) is 0 Å². The lowest BCUT2D eigenvalue weighted by molar-refractivity contribution is -0.394. The summed E-state index contributed by atoms with van der Waals surface area (Å²) in [6.07, 6.45) is 8.25. The normalized spacial score (nSPS) is 18.0. The summed E-state index contributed by atoms with van der Waals surface area (Å²) in [6, 6.07) is 2.22. The highest BCUT2D eigenvalue weighted by atomic mass is 32.2. The third kappa shape index (κ3) is 9.46. The molecule has 0 radical (unpaired) electrons. The van der Waals surface area contributed by atoms with Crippen LogP contribution in [0.1, 0.15) is 55.8 Å². The Labute approximate surface area is 177 Å². The number of aliphatic hydroxyl groups excluding tert-OH is 1. The molecule has 1 saturated heterocycles. The quantitative estimate of drug-likeness (QED) is 0.296. The third-order valence-electron chi connectivity index (χ3n) is 4.13. The summed E-state index contributed by atoms with van der Waals surface area (Å²) < 4.78 is 0.772. The molecule has 2 N–H and O–H groups in total. The molecule has 0 bridgehead atoms. The lowest BCUT2D eigenvalue weighted by Crippen LogP contribution is -2.06. The van der Waals surface area contributed by atoms with E-state index in [4.69, 9.17) is 10.2 Å². The molecule has 1 aromatic carbocycles. The summed E-state index contributed by atoms with van der Waals surface area (Å²) in [5.41, 5.74) is -1.74. The van der Waals surface area contributed by atoms with E-state index >= 15 is 0 Å². The fourth-order valence-corrected chi connectivity index (χ4v) is 5.86. The number of hydrogen-bond donors (Lipinski definition) is 2. The number of benzene rings is 1. The SMILES string of the molecule is CCCCCCC[C@@H]1SC[C@H](CO)S1.O=C(O)c1cc([N+](=O)[O-])cc([N+](=O)[O-])c1. The van der Waals surface area contributed by atoms with Crippen LogP contribution in [0.2, 0.25) is 0 Å². The van der Waals surface area contributed by atoms with E-state index in [0.29, 0.717) is 17.9 Å². The summed E-state index contributed by atoms with van der Waals surface area (Å²) in [7, 11) is 0. The van der Waals surface area contributed by atoms with E-state index in [0.717, 1.165) is 22.5 Å². The van der Waals surface area contributed by atoms with Crippen molar-refractivity contribution in [3.8, 4) is 0 Å². The van der Waals surface area contributed by atoms with Crippen LogP contribution in [0.4, 0.5) is 11.4 Å². The van der Waals surface area contributed by atoms with Crippen molar-refractivity contribution >= 4 is 40.9 Å². The molecule has 1 fully saturated rings. The van der Waals surface area contributed by atoms with Gasteiger partial charge in [0.05, 0.1) is 32.7 Å². The molecule has 2 atom stereocenters. The summed E-state index contributed by atoms with van der Waals surface area (Å²) in [6.45, 7) is 2.62. The van der Waals surface area contributed by atoms with Crippen molar-refractivity contribution in [1.29, 1.82) is 0 Å². The van der Waals surface area contributed by atoms with Gasteiger partial charge >= 0.3 is 5.97 Å². The molecule has 0 aliphatic carbocycles. The van der Waals surface area contributed by atoms with E-state index in [1.165, 1.54) is 38.5 Å². The van der Waals surface area contributed by atoms with Gasteiger partial charge in [0.25, 0.3) is 11.4 Å². The van der Waals surface area contributed by atoms with Gasteiger partial charge < -0.3 is 10.2 Å². The Morgan fingerprint density at radius 3 is 2.14 bits per heavy atom. The monoisotopic (exact) mass is 446 g/mol. The summed E-state index contributed by atoms with van der Waals surface area (Å²) in [5, 5.41) is 38.7. The van der Waals surface area contributed by atoms with Crippen LogP contribution in [-0.4, -0.2) is 48.2 Å². The highest BCUT2D eigenvalue weighted by Gasteiger charge is 2.24. The number of aromatic carboxylic acids is 1. The Kier molecular flexibility index (Phi) is 11.6. The first-order chi connectivity index (χ1) is 13.8. The second-order valence-corrected chi connectivity index (χ2v) is 9.51. The number of carboxylic acid groups (broad SMARTS) is 1. The molecule has 1 aromatic rings. The zero-order chi connectivity index (χ0) is 21.8. The Morgan fingerprint density at radius 2 is 1.69 bits per heavy atom. The Balaban J connectivity index is 0.000000291. The first-order valence-corrected chi connectivity index (χ1v) is 11.3. The van der Waals surface area contributed by atoms with Gasteiger partial charge in [-0.3, -0.25) is 20.2 Å². The molecule has 9 nitrogen and oxygen atoms in total. The van der Waals surface area contributed by atoms with Gasteiger partial charge in [-0.15, -0.1) is 23.5 Å². The molecule has 162 valence electrons. The first kappa shape index (κ1) is 25.2. The van der Waals surface area contributed by atoms with Crippen LogP contribution >= 0.6 is 23.5 Å². The molecule has 0 amide bonds. The molecule has 1 aliphatic rings. The van der Waals surface area contributed by atoms with Crippen molar-refractivity contribution in [1.82, 2.24) is 0 Å². The second-order valence-electron chi connectivity index (χ2n) is 6.46. The van der Waals surface area contributed by atoms with Gasteiger partial charge in [0.2, 0.25) is 0 Å². The molecule has 0 spiro atoms. The highest BCUT2D eigenvalue weighted by Crippen LogP contribution is 2.40. The van der Waals surface area contributed by atoms with Crippen LogP contribution in [0, 0.1) is 20.2 Å². The zero-order valence-electron chi connectivity index (χ0n) is 16.2. The minimum absolute atomic E-state index is 0.365. The maximum absolute atomic E-state index is 10.5.